The Hall–Kier alpha value is -3.78. The van der Waals surface area contributed by atoms with Crippen LogP contribution in [0.25, 0.3) is 0 Å². The number of carbonyl (C=O) groups is 2. The number of likely N-dealkylation sites (tertiary alicyclic amines) is 1. The molecule has 33 heavy (non-hydrogen) atoms. The van der Waals surface area contributed by atoms with E-state index in [0.29, 0.717) is 16.3 Å². The summed E-state index contributed by atoms with van der Waals surface area (Å²) in [5.74, 6) is -2.74. The average molecular weight is 469 g/mol. The van der Waals surface area contributed by atoms with Crippen molar-refractivity contribution in [2.24, 2.45) is 0 Å². The van der Waals surface area contributed by atoms with Gasteiger partial charge in [-0.2, -0.15) is 0 Å². The molecule has 0 unspecified atom stereocenters. The molecule has 3 N–H and O–H groups in total. The van der Waals surface area contributed by atoms with Crippen molar-refractivity contribution >= 4 is 40.6 Å². The minimum atomic E-state index is -0.804. The van der Waals surface area contributed by atoms with Crippen LogP contribution in [0.1, 0.15) is 32.7 Å². The predicted molar refractivity (Wildman–Crippen MR) is 123 cm³/mol. The monoisotopic (exact) mass is 468 g/mol. The molecule has 0 spiro atoms. The first kappa shape index (κ1) is 22.4. The molecule has 0 bridgehead atoms. The summed E-state index contributed by atoms with van der Waals surface area (Å²) in [4.78, 5) is 27.2. The molecular formula is C24H19ClF2N4O2. The highest BCUT2D eigenvalue weighted by molar-refractivity contribution is 6.30. The number of hydrogen-bond donors (Lipinski definition) is 3. The van der Waals surface area contributed by atoms with Gasteiger partial charge in [-0.05, 0) is 61.0 Å². The number of rotatable bonds is 5. The average Bonchev–Trinajstić information content (AvgIpc) is 2.75. The first-order valence-electron chi connectivity index (χ1n) is 10.1. The van der Waals surface area contributed by atoms with Crippen molar-refractivity contribution in [2.75, 3.05) is 23.7 Å². The zero-order valence-corrected chi connectivity index (χ0v) is 18.0. The molecule has 1 saturated heterocycles. The van der Waals surface area contributed by atoms with Gasteiger partial charge in [0, 0.05) is 29.4 Å². The van der Waals surface area contributed by atoms with E-state index < -0.39 is 23.4 Å². The van der Waals surface area contributed by atoms with E-state index >= 15 is 0 Å². The minimum absolute atomic E-state index is 0.0182. The van der Waals surface area contributed by atoms with Crippen LogP contribution in [0.4, 0.5) is 20.2 Å². The molecule has 6 nitrogen and oxygen atoms in total. The van der Waals surface area contributed by atoms with E-state index in [9.17, 15) is 18.4 Å². The summed E-state index contributed by atoms with van der Waals surface area (Å²) < 4.78 is 28.5. The Morgan fingerprint density at radius 2 is 1.58 bits per heavy atom. The summed E-state index contributed by atoms with van der Waals surface area (Å²) in [6.07, 6.45) is 0.983. The number of nitrogens with zero attached hydrogens (tertiary/aromatic N) is 1. The third-order valence-electron chi connectivity index (χ3n) is 5.24. The van der Waals surface area contributed by atoms with E-state index in [1.807, 2.05) is 0 Å². The van der Waals surface area contributed by atoms with E-state index in [4.69, 9.17) is 17.0 Å². The van der Waals surface area contributed by atoms with Crippen molar-refractivity contribution in [1.29, 1.82) is 5.41 Å². The number of benzene rings is 3. The van der Waals surface area contributed by atoms with Crippen molar-refractivity contribution in [3.8, 4) is 0 Å². The fourth-order valence-electron chi connectivity index (χ4n) is 3.30. The highest BCUT2D eigenvalue weighted by atomic mass is 35.5. The molecule has 1 fully saturated rings. The molecule has 0 aromatic heterocycles. The Kier molecular flexibility index (Phi) is 6.37. The van der Waals surface area contributed by atoms with E-state index in [1.54, 1.807) is 29.2 Å². The van der Waals surface area contributed by atoms with Gasteiger partial charge in [0.2, 0.25) is 0 Å². The van der Waals surface area contributed by atoms with Crippen LogP contribution in [0.15, 0.2) is 60.7 Å². The molecule has 1 heterocycles. The lowest BCUT2D eigenvalue weighted by Gasteiger charge is -2.33. The van der Waals surface area contributed by atoms with Gasteiger partial charge in [-0.3, -0.25) is 15.0 Å². The molecule has 1 aliphatic heterocycles. The molecule has 0 radical (unpaired) electrons. The van der Waals surface area contributed by atoms with E-state index in [0.717, 1.165) is 37.7 Å². The zero-order valence-electron chi connectivity index (χ0n) is 17.3. The summed E-state index contributed by atoms with van der Waals surface area (Å²) in [6, 6.07) is 13.5. The Balaban J connectivity index is 1.53. The molecular weight excluding hydrogens is 450 g/mol. The van der Waals surface area contributed by atoms with Crippen LogP contribution in [0, 0.1) is 17.0 Å². The fourth-order valence-corrected chi connectivity index (χ4v) is 3.43. The molecule has 0 atom stereocenters. The van der Waals surface area contributed by atoms with Crippen LogP contribution < -0.4 is 10.6 Å². The topological polar surface area (TPSA) is 85.3 Å². The summed E-state index contributed by atoms with van der Waals surface area (Å²) in [6.45, 7) is 1.49. The smallest absolute Gasteiger partial charge is 0.258 e. The summed E-state index contributed by atoms with van der Waals surface area (Å²) in [5.41, 5.74) is 0.425. The van der Waals surface area contributed by atoms with Crippen molar-refractivity contribution < 1.29 is 18.4 Å². The van der Waals surface area contributed by atoms with Gasteiger partial charge in [-0.25, -0.2) is 8.78 Å². The fraction of sp³-hybridized carbons (Fsp3) is 0.125. The van der Waals surface area contributed by atoms with Crippen LogP contribution in [0.2, 0.25) is 5.02 Å². The molecule has 2 amide bonds. The lowest BCUT2D eigenvalue weighted by Crippen LogP contribution is -2.42. The standard InChI is InChI=1S/C24H19ClF2N4O2/c25-15-3-6-17(7-4-15)29-24(33)19-13-16(26)5-9-21(19)30-23(32)18-8-2-14(12-20(18)27)22(28)31-10-1-11-31/h2-9,12-13,28H,1,10-11H2,(H,29,33)(H,30,32). The highest BCUT2D eigenvalue weighted by Gasteiger charge is 2.22. The zero-order chi connectivity index (χ0) is 23.5. The molecule has 3 aromatic rings. The van der Waals surface area contributed by atoms with Gasteiger partial charge >= 0.3 is 0 Å². The maximum absolute atomic E-state index is 14.7. The quantitative estimate of drug-likeness (QED) is 0.357. The summed E-state index contributed by atoms with van der Waals surface area (Å²) in [5, 5.41) is 13.7. The van der Waals surface area contributed by atoms with Crippen LogP contribution >= 0.6 is 11.6 Å². The van der Waals surface area contributed by atoms with Crippen molar-refractivity contribution in [2.45, 2.75) is 6.42 Å². The molecule has 1 aliphatic rings. The number of nitrogens with one attached hydrogen (secondary N) is 3. The van der Waals surface area contributed by atoms with Gasteiger partial charge in [0.05, 0.1) is 16.8 Å². The number of amides is 2. The van der Waals surface area contributed by atoms with Crippen LogP contribution in [0.5, 0.6) is 0 Å². The number of hydrogen-bond acceptors (Lipinski definition) is 3. The number of amidine groups is 1. The van der Waals surface area contributed by atoms with Crippen LogP contribution in [-0.2, 0) is 0 Å². The van der Waals surface area contributed by atoms with Gasteiger partial charge in [-0.1, -0.05) is 17.7 Å². The molecule has 168 valence electrons. The second-order valence-electron chi connectivity index (χ2n) is 7.49. The Morgan fingerprint density at radius 1 is 0.879 bits per heavy atom. The third kappa shape index (κ3) is 5.01. The van der Waals surface area contributed by atoms with E-state index in [1.165, 1.54) is 18.2 Å². The SMILES string of the molecule is N=C(c1ccc(C(=O)Nc2ccc(F)cc2C(=O)Nc2ccc(Cl)cc2)c(F)c1)N1CCC1. The van der Waals surface area contributed by atoms with Gasteiger partial charge in [0.15, 0.2) is 0 Å². The van der Waals surface area contributed by atoms with Crippen LogP contribution in [0.3, 0.4) is 0 Å². The molecule has 0 aliphatic carbocycles. The van der Waals surface area contributed by atoms with Crippen molar-refractivity contribution in [1.82, 2.24) is 4.90 Å². The Morgan fingerprint density at radius 3 is 2.21 bits per heavy atom. The third-order valence-corrected chi connectivity index (χ3v) is 5.49. The Bertz CT molecular complexity index is 1240. The first-order valence-corrected chi connectivity index (χ1v) is 10.5. The normalized spacial score (nSPS) is 12.6. The molecule has 9 heteroatoms. The lowest BCUT2D eigenvalue weighted by molar-refractivity contribution is 0.102. The Labute approximate surface area is 193 Å². The van der Waals surface area contributed by atoms with E-state index in [2.05, 4.69) is 10.6 Å². The minimum Gasteiger partial charge on any atom is -0.356 e. The van der Waals surface area contributed by atoms with Gasteiger partial charge in [0.25, 0.3) is 11.8 Å². The summed E-state index contributed by atoms with van der Waals surface area (Å²) in [7, 11) is 0. The van der Waals surface area contributed by atoms with Gasteiger partial charge in [-0.15, -0.1) is 0 Å². The number of halogens is 3. The molecule has 3 aromatic carbocycles. The maximum Gasteiger partial charge on any atom is 0.258 e. The van der Waals surface area contributed by atoms with Crippen molar-refractivity contribution in [3.05, 3.63) is 94.0 Å². The maximum atomic E-state index is 14.7. The lowest BCUT2D eigenvalue weighted by atomic mass is 10.1. The second kappa shape index (κ2) is 9.38. The molecule has 4 rings (SSSR count). The van der Waals surface area contributed by atoms with Gasteiger partial charge < -0.3 is 15.5 Å². The highest BCUT2D eigenvalue weighted by Crippen LogP contribution is 2.22. The van der Waals surface area contributed by atoms with Crippen LogP contribution in [-0.4, -0.2) is 35.6 Å². The largest absolute Gasteiger partial charge is 0.356 e. The summed E-state index contributed by atoms with van der Waals surface area (Å²) >= 11 is 5.84. The van der Waals surface area contributed by atoms with E-state index in [-0.39, 0.29) is 22.6 Å². The van der Waals surface area contributed by atoms with Gasteiger partial charge in [0.1, 0.15) is 17.5 Å². The number of carbonyl (C=O) groups excluding carboxylic acids is 2. The second-order valence-corrected chi connectivity index (χ2v) is 7.93. The first-order chi connectivity index (χ1) is 15.8. The van der Waals surface area contributed by atoms with Crippen molar-refractivity contribution in [3.63, 3.8) is 0 Å². The molecule has 0 saturated carbocycles. The predicted octanol–water partition coefficient (Wildman–Crippen LogP) is 5.15. The number of anilines is 2.